The van der Waals surface area contributed by atoms with Crippen molar-refractivity contribution in [3.05, 3.63) is 16.6 Å². The Labute approximate surface area is 102 Å². The third kappa shape index (κ3) is 5.05. The van der Waals surface area contributed by atoms with E-state index in [1.807, 2.05) is 11.6 Å². The van der Waals surface area contributed by atoms with Gasteiger partial charge in [-0.1, -0.05) is 6.92 Å². The first-order valence-electron chi connectivity index (χ1n) is 5.90. The Morgan fingerprint density at radius 1 is 1.56 bits per heavy atom. The maximum Gasteiger partial charge on any atom is 0.0940 e. The number of hydrogen-bond donors (Lipinski definition) is 1. The second-order valence-corrected chi connectivity index (χ2v) is 5.04. The van der Waals surface area contributed by atoms with Crippen LogP contribution in [0.1, 0.15) is 31.7 Å². The summed E-state index contributed by atoms with van der Waals surface area (Å²) in [5.41, 5.74) is 0. The molecule has 1 aromatic rings. The van der Waals surface area contributed by atoms with E-state index in [2.05, 4.69) is 24.1 Å². The molecule has 0 aliphatic carbocycles. The molecule has 92 valence electrons. The largest absolute Gasteiger partial charge is 0.382 e. The van der Waals surface area contributed by atoms with Gasteiger partial charge >= 0.3 is 0 Å². The number of rotatable bonds is 8. The summed E-state index contributed by atoms with van der Waals surface area (Å²) in [4.78, 5) is 4.33. The Kier molecular flexibility index (Phi) is 6.61. The zero-order valence-corrected chi connectivity index (χ0v) is 11.2. The zero-order valence-electron chi connectivity index (χ0n) is 10.4. The summed E-state index contributed by atoms with van der Waals surface area (Å²) in [7, 11) is 1.77. The van der Waals surface area contributed by atoms with Gasteiger partial charge in [-0.3, -0.25) is 0 Å². The SMILES string of the molecule is CCCNC(Cc1nccs1)CC(C)OC. The molecule has 2 unspecified atom stereocenters. The number of thiazole rings is 1. The number of nitrogens with zero attached hydrogens (tertiary/aromatic N) is 1. The molecular formula is C12H22N2OS. The molecule has 0 amide bonds. The van der Waals surface area contributed by atoms with Crippen LogP contribution in [0.4, 0.5) is 0 Å². The molecule has 0 aliphatic rings. The van der Waals surface area contributed by atoms with Gasteiger partial charge in [0.05, 0.1) is 11.1 Å². The van der Waals surface area contributed by atoms with Crippen molar-refractivity contribution in [2.45, 2.75) is 45.3 Å². The molecule has 3 nitrogen and oxygen atoms in total. The molecule has 2 atom stereocenters. The molecule has 1 N–H and O–H groups in total. The van der Waals surface area contributed by atoms with Gasteiger partial charge in [0.2, 0.25) is 0 Å². The monoisotopic (exact) mass is 242 g/mol. The van der Waals surface area contributed by atoms with Crippen LogP contribution >= 0.6 is 11.3 Å². The summed E-state index contributed by atoms with van der Waals surface area (Å²) in [6.07, 6.45) is 5.38. The Hall–Kier alpha value is -0.450. The first kappa shape index (κ1) is 13.6. The number of hydrogen-bond acceptors (Lipinski definition) is 4. The molecule has 0 aliphatic heterocycles. The van der Waals surface area contributed by atoms with Crippen LogP contribution in [0.15, 0.2) is 11.6 Å². The van der Waals surface area contributed by atoms with Gasteiger partial charge in [0.1, 0.15) is 0 Å². The van der Waals surface area contributed by atoms with Gasteiger partial charge in [-0.25, -0.2) is 4.98 Å². The lowest BCUT2D eigenvalue weighted by atomic mass is 10.1. The summed E-state index contributed by atoms with van der Waals surface area (Å²) in [5, 5.41) is 6.80. The zero-order chi connectivity index (χ0) is 11.8. The number of nitrogens with one attached hydrogen (secondary N) is 1. The molecule has 0 radical (unpaired) electrons. The standard InChI is InChI=1S/C12H22N2OS/c1-4-5-13-11(8-10(2)15-3)9-12-14-6-7-16-12/h6-7,10-11,13H,4-5,8-9H2,1-3H3. The second kappa shape index (κ2) is 7.76. The topological polar surface area (TPSA) is 34.2 Å². The smallest absolute Gasteiger partial charge is 0.0940 e. The fraction of sp³-hybridized carbons (Fsp3) is 0.750. The molecule has 0 spiro atoms. The fourth-order valence-corrected chi connectivity index (χ4v) is 2.35. The quantitative estimate of drug-likeness (QED) is 0.760. The van der Waals surface area contributed by atoms with Crippen LogP contribution in [0.3, 0.4) is 0 Å². The summed E-state index contributed by atoms with van der Waals surface area (Å²) in [5.74, 6) is 0. The lowest BCUT2D eigenvalue weighted by Gasteiger charge is -2.20. The van der Waals surface area contributed by atoms with Crippen LogP contribution in [0.2, 0.25) is 0 Å². The molecule has 0 bridgehead atoms. The second-order valence-electron chi connectivity index (χ2n) is 4.06. The highest BCUT2D eigenvalue weighted by atomic mass is 32.1. The van der Waals surface area contributed by atoms with Gasteiger partial charge in [-0.15, -0.1) is 11.3 Å². The highest BCUT2D eigenvalue weighted by molar-refractivity contribution is 7.09. The molecule has 1 aromatic heterocycles. The van der Waals surface area contributed by atoms with Crippen LogP contribution in [0.5, 0.6) is 0 Å². The Morgan fingerprint density at radius 3 is 2.94 bits per heavy atom. The summed E-state index contributed by atoms with van der Waals surface area (Å²) < 4.78 is 5.32. The van der Waals surface area contributed by atoms with Crippen molar-refractivity contribution in [2.24, 2.45) is 0 Å². The van der Waals surface area contributed by atoms with Gasteiger partial charge < -0.3 is 10.1 Å². The van der Waals surface area contributed by atoms with Gasteiger partial charge in [0, 0.05) is 31.1 Å². The lowest BCUT2D eigenvalue weighted by Crippen LogP contribution is -2.34. The van der Waals surface area contributed by atoms with E-state index < -0.39 is 0 Å². The fourth-order valence-electron chi connectivity index (χ4n) is 1.65. The first-order chi connectivity index (χ1) is 7.76. The molecule has 0 aromatic carbocycles. The predicted octanol–water partition coefficient (Wildman–Crippen LogP) is 2.48. The average Bonchev–Trinajstić information content (AvgIpc) is 2.78. The third-order valence-electron chi connectivity index (χ3n) is 2.61. The molecule has 0 saturated heterocycles. The summed E-state index contributed by atoms with van der Waals surface area (Å²) >= 11 is 1.73. The highest BCUT2D eigenvalue weighted by Gasteiger charge is 2.13. The van der Waals surface area contributed by atoms with E-state index in [0.29, 0.717) is 12.1 Å². The van der Waals surface area contributed by atoms with E-state index in [1.165, 1.54) is 5.01 Å². The number of methoxy groups -OCH3 is 1. The summed E-state index contributed by atoms with van der Waals surface area (Å²) in [6, 6.07) is 0.473. The van der Waals surface area contributed by atoms with Gasteiger partial charge in [0.15, 0.2) is 0 Å². The maximum absolute atomic E-state index is 5.32. The maximum atomic E-state index is 5.32. The molecule has 16 heavy (non-hydrogen) atoms. The summed E-state index contributed by atoms with van der Waals surface area (Å²) in [6.45, 7) is 5.36. The van der Waals surface area contributed by atoms with Crippen molar-refractivity contribution in [2.75, 3.05) is 13.7 Å². The van der Waals surface area contributed by atoms with Gasteiger partial charge in [0.25, 0.3) is 0 Å². The van der Waals surface area contributed by atoms with Gasteiger partial charge in [-0.2, -0.15) is 0 Å². The van der Waals surface area contributed by atoms with Crippen LogP contribution in [0, 0.1) is 0 Å². The third-order valence-corrected chi connectivity index (χ3v) is 3.41. The lowest BCUT2D eigenvalue weighted by molar-refractivity contribution is 0.100. The molecule has 1 heterocycles. The normalized spacial score (nSPS) is 14.9. The Bertz CT molecular complexity index is 264. The van der Waals surface area contributed by atoms with Crippen molar-refractivity contribution in [3.63, 3.8) is 0 Å². The van der Waals surface area contributed by atoms with E-state index in [9.17, 15) is 0 Å². The van der Waals surface area contributed by atoms with E-state index in [4.69, 9.17) is 4.74 Å². The van der Waals surface area contributed by atoms with E-state index in [0.717, 1.165) is 25.8 Å². The Balaban J connectivity index is 2.43. The van der Waals surface area contributed by atoms with E-state index in [1.54, 1.807) is 18.4 Å². The minimum absolute atomic E-state index is 0.300. The molecule has 4 heteroatoms. The van der Waals surface area contributed by atoms with Crippen LogP contribution in [-0.4, -0.2) is 30.8 Å². The first-order valence-corrected chi connectivity index (χ1v) is 6.78. The highest BCUT2D eigenvalue weighted by Crippen LogP contribution is 2.11. The van der Waals surface area contributed by atoms with Crippen molar-refractivity contribution in [1.82, 2.24) is 10.3 Å². The molecular weight excluding hydrogens is 220 g/mol. The molecule has 0 saturated carbocycles. The van der Waals surface area contributed by atoms with Gasteiger partial charge in [-0.05, 0) is 26.3 Å². The van der Waals surface area contributed by atoms with Crippen molar-refractivity contribution in [1.29, 1.82) is 0 Å². The minimum Gasteiger partial charge on any atom is -0.382 e. The van der Waals surface area contributed by atoms with E-state index in [-0.39, 0.29) is 0 Å². The predicted molar refractivity (Wildman–Crippen MR) is 69.0 cm³/mol. The molecule has 0 fully saturated rings. The number of aromatic nitrogens is 1. The van der Waals surface area contributed by atoms with Crippen LogP contribution in [-0.2, 0) is 11.2 Å². The van der Waals surface area contributed by atoms with Crippen molar-refractivity contribution < 1.29 is 4.74 Å². The van der Waals surface area contributed by atoms with Crippen molar-refractivity contribution in [3.8, 4) is 0 Å². The van der Waals surface area contributed by atoms with Crippen LogP contribution < -0.4 is 5.32 Å². The number of ether oxygens (including phenoxy) is 1. The molecule has 1 rings (SSSR count). The minimum atomic E-state index is 0.300. The van der Waals surface area contributed by atoms with E-state index >= 15 is 0 Å². The Morgan fingerprint density at radius 2 is 2.38 bits per heavy atom. The van der Waals surface area contributed by atoms with Crippen molar-refractivity contribution >= 4 is 11.3 Å². The average molecular weight is 242 g/mol. The van der Waals surface area contributed by atoms with Crippen LogP contribution in [0.25, 0.3) is 0 Å².